The molecule has 20 heavy (non-hydrogen) atoms. The summed E-state index contributed by atoms with van der Waals surface area (Å²) in [6.45, 7) is 3.29. The molecule has 1 aromatic rings. The van der Waals surface area contributed by atoms with E-state index in [4.69, 9.17) is 0 Å². The number of amides is 1. The summed E-state index contributed by atoms with van der Waals surface area (Å²) >= 11 is 0. The Morgan fingerprint density at radius 3 is 2.55 bits per heavy atom. The van der Waals surface area contributed by atoms with Crippen molar-refractivity contribution in [2.75, 3.05) is 13.1 Å². The van der Waals surface area contributed by atoms with E-state index in [1.807, 2.05) is 0 Å². The van der Waals surface area contributed by atoms with Crippen molar-refractivity contribution in [1.29, 1.82) is 0 Å². The van der Waals surface area contributed by atoms with E-state index in [1.165, 1.54) is 11.1 Å². The molecule has 0 bridgehead atoms. The molecular weight excluding hydrogens is 276 g/mol. The van der Waals surface area contributed by atoms with Gasteiger partial charge in [-0.1, -0.05) is 31.2 Å². The topological polar surface area (TPSA) is 61.4 Å². The molecular formula is C15H23ClN2O2. The van der Waals surface area contributed by atoms with Crippen LogP contribution in [0.25, 0.3) is 0 Å². The zero-order valence-corrected chi connectivity index (χ0v) is 12.6. The zero-order valence-electron chi connectivity index (χ0n) is 11.8. The van der Waals surface area contributed by atoms with Crippen molar-refractivity contribution < 1.29 is 9.90 Å². The largest absolute Gasteiger partial charge is 0.392 e. The highest BCUT2D eigenvalue weighted by molar-refractivity contribution is 5.85. The van der Waals surface area contributed by atoms with Gasteiger partial charge in [-0.2, -0.15) is 0 Å². The van der Waals surface area contributed by atoms with Crippen LogP contribution in [-0.4, -0.2) is 36.2 Å². The SMILES string of the molecule is CCc1ccc(CCNC(=O)C2CC(O)CN2)cc1.Cl. The van der Waals surface area contributed by atoms with Gasteiger partial charge in [-0.3, -0.25) is 4.79 Å². The molecule has 1 heterocycles. The van der Waals surface area contributed by atoms with Crippen LogP contribution in [0.5, 0.6) is 0 Å². The maximum Gasteiger partial charge on any atom is 0.237 e. The van der Waals surface area contributed by atoms with E-state index in [0.717, 1.165) is 12.8 Å². The van der Waals surface area contributed by atoms with E-state index in [9.17, 15) is 9.90 Å². The summed E-state index contributed by atoms with van der Waals surface area (Å²) < 4.78 is 0. The molecule has 0 saturated carbocycles. The number of carbonyl (C=O) groups excluding carboxylic acids is 1. The molecule has 1 aliphatic heterocycles. The summed E-state index contributed by atoms with van der Waals surface area (Å²) in [5.41, 5.74) is 2.56. The van der Waals surface area contributed by atoms with Crippen LogP contribution in [-0.2, 0) is 17.6 Å². The Balaban J connectivity index is 0.00000200. The van der Waals surface area contributed by atoms with E-state index in [-0.39, 0.29) is 24.4 Å². The van der Waals surface area contributed by atoms with Gasteiger partial charge in [0, 0.05) is 13.1 Å². The number of aliphatic hydroxyl groups is 1. The molecule has 0 aromatic heterocycles. The van der Waals surface area contributed by atoms with Gasteiger partial charge < -0.3 is 15.7 Å². The van der Waals surface area contributed by atoms with Crippen molar-refractivity contribution in [2.45, 2.75) is 38.3 Å². The van der Waals surface area contributed by atoms with Crippen LogP contribution in [0.1, 0.15) is 24.5 Å². The van der Waals surface area contributed by atoms with E-state index < -0.39 is 6.10 Å². The lowest BCUT2D eigenvalue weighted by Gasteiger charge is -2.11. The van der Waals surface area contributed by atoms with Crippen LogP contribution in [0.2, 0.25) is 0 Å². The third kappa shape index (κ3) is 4.78. The van der Waals surface area contributed by atoms with Crippen LogP contribution in [0.4, 0.5) is 0 Å². The van der Waals surface area contributed by atoms with Crippen LogP contribution < -0.4 is 10.6 Å². The van der Waals surface area contributed by atoms with Gasteiger partial charge in [0.15, 0.2) is 0 Å². The Kier molecular flexibility index (Phi) is 6.99. The number of carbonyl (C=O) groups is 1. The Labute approximate surface area is 126 Å². The predicted molar refractivity (Wildman–Crippen MR) is 82.2 cm³/mol. The Morgan fingerprint density at radius 1 is 1.35 bits per heavy atom. The highest BCUT2D eigenvalue weighted by atomic mass is 35.5. The predicted octanol–water partition coefficient (Wildman–Crippen LogP) is 1.05. The highest BCUT2D eigenvalue weighted by Crippen LogP contribution is 2.07. The van der Waals surface area contributed by atoms with Gasteiger partial charge in [0.25, 0.3) is 0 Å². The Morgan fingerprint density at radius 2 is 2.00 bits per heavy atom. The average molecular weight is 299 g/mol. The fourth-order valence-electron chi connectivity index (χ4n) is 2.31. The summed E-state index contributed by atoms with van der Waals surface area (Å²) in [5, 5.41) is 15.3. The Bertz CT molecular complexity index is 422. The summed E-state index contributed by atoms with van der Waals surface area (Å²) in [7, 11) is 0. The minimum Gasteiger partial charge on any atom is -0.392 e. The normalized spacial score (nSPS) is 21.3. The summed E-state index contributed by atoms with van der Waals surface area (Å²) in [6.07, 6.45) is 2.01. The lowest BCUT2D eigenvalue weighted by atomic mass is 10.1. The number of nitrogens with one attached hydrogen (secondary N) is 2. The van der Waals surface area contributed by atoms with Gasteiger partial charge >= 0.3 is 0 Å². The first-order chi connectivity index (χ1) is 9.19. The van der Waals surface area contributed by atoms with E-state index in [0.29, 0.717) is 19.5 Å². The van der Waals surface area contributed by atoms with Gasteiger partial charge in [0.1, 0.15) is 0 Å². The molecule has 1 amide bonds. The molecule has 2 atom stereocenters. The fraction of sp³-hybridized carbons (Fsp3) is 0.533. The third-order valence-corrected chi connectivity index (χ3v) is 3.57. The molecule has 3 N–H and O–H groups in total. The quantitative estimate of drug-likeness (QED) is 0.761. The van der Waals surface area contributed by atoms with Crippen LogP contribution in [0, 0.1) is 0 Å². The van der Waals surface area contributed by atoms with Gasteiger partial charge in [0.05, 0.1) is 12.1 Å². The molecule has 0 spiro atoms. The minimum absolute atomic E-state index is 0. The lowest BCUT2D eigenvalue weighted by Crippen LogP contribution is -2.41. The molecule has 4 nitrogen and oxygen atoms in total. The standard InChI is InChI=1S/C15H22N2O2.ClH/c1-2-11-3-5-12(6-4-11)7-8-16-15(19)14-9-13(18)10-17-14;/h3-6,13-14,17-18H,2,7-10H2,1H3,(H,16,19);1H. The average Bonchev–Trinajstić information content (AvgIpc) is 2.86. The molecule has 2 rings (SSSR count). The summed E-state index contributed by atoms with van der Waals surface area (Å²) in [6, 6.07) is 8.25. The molecule has 112 valence electrons. The number of halogens is 1. The zero-order chi connectivity index (χ0) is 13.7. The molecule has 1 aromatic carbocycles. The molecule has 5 heteroatoms. The van der Waals surface area contributed by atoms with Crippen LogP contribution in [0.15, 0.2) is 24.3 Å². The van der Waals surface area contributed by atoms with Gasteiger partial charge in [-0.15, -0.1) is 12.4 Å². The Hall–Kier alpha value is -1.10. The van der Waals surface area contributed by atoms with Crippen molar-refractivity contribution in [3.63, 3.8) is 0 Å². The molecule has 0 radical (unpaired) electrons. The number of rotatable bonds is 5. The summed E-state index contributed by atoms with van der Waals surface area (Å²) in [4.78, 5) is 11.8. The number of hydrogen-bond donors (Lipinski definition) is 3. The number of aryl methyl sites for hydroxylation is 1. The molecule has 2 unspecified atom stereocenters. The van der Waals surface area contributed by atoms with E-state index in [1.54, 1.807) is 0 Å². The number of β-amino-alcohol motifs (C(OH)–C–C–N with tert-alkyl or cyclic N) is 1. The van der Waals surface area contributed by atoms with Crippen molar-refractivity contribution in [1.82, 2.24) is 10.6 Å². The molecule has 1 fully saturated rings. The second-order valence-corrected chi connectivity index (χ2v) is 5.06. The van der Waals surface area contributed by atoms with Crippen molar-refractivity contribution >= 4 is 18.3 Å². The van der Waals surface area contributed by atoms with Crippen LogP contribution in [0.3, 0.4) is 0 Å². The number of aliphatic hydroxyl groups excluding tert-OH is 1. The van der Waals surface area contributed by atoms with Crippen molar-refractivity contribution in [3.8, 4) is 0 Å². The first kappa shape index (κ1) is 17.0. The van der Waals surface area contributed by atoms with Crippen molar-refractivity contribution in [3.05, 3.63) is 35.4 Å². The maximum absolute atomic E-state index is 11.8. The summed E-state index contributed by atoms with van der Waals surface area (Å²) in [5.74, 6) is -0.0123. The third-order valence-electron chi connectivity index (χ3n) is 3.57. The van der Waals surface area contributed by atoms with Crippen LogP contribution >= 0.6 is 12.4 Å². The molecule has 1 saturated heterocycles. The first-order valence-electron chi connectivity index (χ1n) is 6.96. The van der Waals surface area contributed by atoms with Gasteiger partial charge in [-0.05, 0) is 30.4 Å². The monoisotopic (exact) mass is 298 g/mol. The van der Waals surface area contributed by atoms with Crippen molar-refractivity contribution in [2.24, 2.45) is 0 Å². The number of benzene rings is 1. The smallest absolute Gasteiger partial charge is 0.237 e. The van der Waals surface area contributed by atoms with E-state index >= 15 is 0 Å². The molecule has 0 aliphatic carbocycles. The molecule has 1 aliphatic rings. The highest BCUT2D eigenvalue weighted by Gasteiger charge is 2.27. The second-order valence-electron chi connectivity index (χ2n) is 5.06. The minimum atomic E-state index is -0.391. The fourth-order valence-corrected chi connectivity index (χ4v) is 2.31. The van der Waals surface area contributed by atoms with E-state index in [2.05, 4.69) is 41.8 Å². The lowest BCUT2D eigenvalue weighted by molar-refractivity contribution is -0.122. The first-order valence-corrected chi connectivity index (χ1v) is 6.96. The van der Waals surface area contributed by atoms with Gasteiger partial charge in [-0.25, -0.2) is 0 Å². The maximum atomic E-state index is 11.8. The van der Waals surface area contributed by atoms with Gasteiger partial charge in [0.2, 0.25) is 5.91 Å². The number of hydrogen-bond acceptors (Lipinski definition) is 3. The second kappa shape index (κ2) is 8.25.